The third kappa shape index (κ3) is 2.66. The maximum absolute atomic E-state index is 11.5. The van der Waals surface area contributed by atoms with Gasteiger partial charge in [-0.2, -0.15) is 0 Å². The van der Waals surface area contributed by atoms with E-state index in [1.165, 1.54) is 0 Å². The van der Waals surface area contributed by atoms with Gasteiger partial charge in [-0.05, 0) is 28.1 Å². The molecule has 1 unspecified atom stereocenters. The van der Waals surface area contributed by atoms with E-state index >= 15 is 0 Å². The largest absolute Gasteiger partial charge is 0.373 e. The van der Waals surface area contributed by atoms with Crippen molar-refractivity contribution in [1.29, 1.82) is 0 Å². The molecule has 1 aliphatic heterocycles. The molecule has 1 heterocycles. The van der Waals surface area contributed by atoms with E-state index < -0.39 is 5.91 Å². The van der Waals surface area contributed by atoms with Gasteiger partial charge in [-0.3, -0.25) is 4.79 Å². The molecule has 1 atom stereocenters. The quantitative estimate of drug-likeness (QED) is 0.861. The summed E-state index contributed by atoms with van der Waals surface area (Å²) in [5.41, 5.74) is 12.4. The van der Waals surface area contributed by atoms with Crippen molar-refractivity contribution in [2.75, 3.05) is 31.1 Å². The number of carbonyl (C=O) groups is 1. The molecule has 0 radical (unpaired) electrons. The first-order chi connectivity index (χ1) is 8.63. The van der Waals surface area contributed by atoms with Crippen molar-refractivity contribution in [1.82, 2.24) is 0 Å². The Morgan fingerprint density at radius 2 is 2.33 bits per heavy atom. The lowest BCUT2D eigenvalue weighted by Crippen LogP contribution is -2.46. The van der Waals surface area contributed by atoms with Crippen molar-refractivity contribution in [2.45, 2.75) is 6.10 Å². The van der Waals surface area contributed by atoms with E-state index in [-0.39, 0.29) is 6.10 Å². The Morgan fingerprint density at radius 3 is 3.00 bits per heavy atom. The van der Waals surface area contributed by atoms with Crippen LogP contribution in [0.3, 0.4) is 0 Å². The molecule has 0 spiro atoms. The lowest BCUT2D eigenvalue weighted by Gasteiger charge is -2.35. The van der Waals surface area contributed by atoms with Crippen molar-refractivity contribution in [2.24, 2.45) is 11.5 Å². The molecule has 4 N–H and O–H groups in total. The zero-order valence-corrected chi connectivity index (χ0v) is 11.5. The molecule has 1 amide bonds. The Hall–Kier alpha value is -1.11. The summed E-state index contributed by atoms with van der Waals surface area (Å²) in [5, 5.41) is 0. The Kier molecular flexibility index (Phi) is 4.21. The summed E-state index contributed by atoms with van der Waals surface area (Å²) in [6.07, 6.45) is -0.00143. The second-order valence-electron chi connectivity index (χ2n) is 4.17. The Labute approximate surface area is 114 Å². The van der Waals surface area contributed by atoms with Gasteiger partial charge in [-0.1, -0.05) is 6.07 Å². The number of hydrogen-bond acceptors (Lipinski definition) is 4. The van der Waals surface area contributed by atoms with E-state index in [1.54, 1.807) is 0 Å². The number of carbonyl (C=O) groups excluding carboxylic acids is 1. The van der Waals surface area contributed by atoms with E-state index in [1.807, 2.05) is 18.2 Å². The van der Waals surface area contributed by atoms with Crippen molar-refractivity contribution >= 4 is 27.5 Å². The average Bonchev–Trinajstić information content (AvgIpc) is 2.38. The van der Waals surface area contributed by atoms with Gasteiger partial charge in [-0.15, -0.1) is 0 Å². The molecular weight excluding hydrogens is 298 g/mol. The highest BCUT2D eigenvalue weighted by Crippen LogP contribution is 2.28. The minimum atomic E-state index is -0.437. The molecule has 18 heavy (non-hydrogen) atoms. The van der Waals surface area contributed by atoms with Crippen LogP contribution in [0.15, 0.2) is 22.7 Å². The molecule has 2 rings (SSSR count). The summed E-state index contributed by atoms with van der Waals surface area (Å²) in [5.74, 6) is -0.437. The van der Waals surface area contributed by atoms with E-state index in [9.17, 15) is 4.79 Å². The SMILES string of the molecule is NCC1CN(c2cccc(Br)c2C(N)=O)CCO1. The summed E-state index contributed by atoms with van der Waals surface area (Å²) < 4.78 is 6.23. The molecule has 98 valence electrons. The Bertz CT molecular complexity index is 453. The normalized spacial score (nSPS) is 19.9. The zero-order chi connectivity index (χ0) is 13.1. The van der Waals surface area contributed by atoms with Gasteiger partial charge in [0.25, 0.3) is 5.91 Å². The van der Waals surface area contributed by atoms with E-state index in [0.29, 0.717) is 29.7 Å². The predicted octanol–water partition coefficient (Wildman–Crippen LogP) is 0.712. The monoisotopic (exact) mass is 313 g/mol. The number of benzene rings is 1. The van der Waals surface area contributed by atoms with Crippen molar-refractivity contribution < 1.29 is 9.53 Å². The van der Waals surface area contributed by atoms with Gasteiger partial charge >= 0.3 is 0 Å². The number of nitrogens with zero attached hydrogens (tertiary/aromatic N) is 1. The number of anilines is 1. The van der Waals surface area contributed by atoms with E-state index in [2.05, 4.69) is 20.8 Å². The first kappa shape index (κ1) is 13.3. The maximum atomic E-state index is 11.5. The summed E-state index contributed by atoms with van der Waals surface area (Å²) in [6.45, 7) is 2.48. The van der Waals surface area contributed by atoms with Crippen LogP contribution in [0.5, 0.6) is 0 Å². The van der Waals surface area contributed by atoms with Crippen LogP contribution in [0.1, 0.15) is 10.4 Å². The standard InChI is InChI=1S/C12H16BrN3O2/c13-9-2-1-3-10(11(9)12(15)17)16-4-5-18-8(6-14)7-16/h1-3,8H,4-7,14H2,(H2,15,17). The van der Waals surface area contributed by atoms with Crippen molar-refractivity contribution in [3.63, 3.8) is 0 Å². The molecule has 0 bridgehead atoms. The molecule has 1 aliphatic rings. The zero-order valence-electron chi connectivity index (χ0n) is 9.93. The molecular formula is C12H16BrN3O2. The fraction of sp³-hybridized carbons (Fsp3) is 0.417. The smallest absolute Gasteiger partial charge is 0.251 e. The van der Waals surface area contributed by atoms with Gasteiger partial charge in [0, 0.05) is 24.1 Å². The maximum Gasteiger partial charge on any atom is 0.251 e. The highest BCUT2D eigenvalue weighted by Gasteiger charge is 2.23. The summed E-state index contributed by atoms with van der Waals surface area (Å²) in [4.78, 5) is 13.6. The summed E-state index contributed by atoms with van der Waals surface area (Å²) in [6, 6.07) is 5.59. The topological polar surface area (TPSA) is 81.6 Å². The van der Waals surface area contributed by atoms with Gasteiger partial charge in [0.05, 0.1) is 24.0 Å². The highest BCUT2D eigenvalue weighted by molar-refractivity contribution is 9.10. The molecule has 1 fully saturated rings. The first-order valence-corrected chi connectivity index (χ1v) is 6.57. The number of rotatable bonds is 3. The van der Waals surface area contributed by atoms with Crippen LogP contribution >= 0.6 is 15.9 Å². The number of primary amides is 1. The number of nitrogens with two attached hydrogens (primary N) is 2. The molecule has 1 aromatic carbocycles. The van der Waals surface area contributed by atoms with Gasteiger partial charge in [0.15, 0.2) is 0 Å². The second-order valence-corrected chi connectivity index (χ2v) is 5.03. The molecule has 1 saturated heterocycles. The molecule has 5 nitrogen and oxygen atoms in total. The average molecular weight is 314 g/mol. The summed E-state index contributed by atoms with van der Waals surface area (Å²) >= 11 is 3.36. The van der Waals surface area contributed by atoms with E-state index in [0.717, 1.165) is 12.2 Å². The van der Waals surface area contributed by atoms with E-state index in [4.69, 9.17) is 16.2 Å². The van der Waals surface area contributed by atoms with Gasteiger partial charge in [0.1, 0.15) is 0 Å². The predicted molar refractivity (Wildman–Crippen MR) is 73.7 cm³/mol. The van der Waals surface area contributed by atoms with Gasteiger partial charge < -0.3 is 21.1 Å². The van der Waals surface area contributed by atoms with Crippen LogP contribution in [-0.2, 0) is 4.74 Å². The lowest BCUT2D eigenvalue weighted by atomic mass is 10.1. The molecule has 0 aliphatic carbocycles. The van der Waals surface area contributed by atoms with Crippen LogP contribution in [0, 0.1) is 0 Å². The molecule has 6 heteroatoms. The van der Waals surface area contributed by atoms with Crippen LogP contribution in [0.4, 0.5) is 5.69 Å². The van der Waals surface area contributed by atoms with Crippen LogP contribution < -0.4 is 16.4 Å². The van der Waals surface area contributed by atoms with Gasteiger partial charge in [-0.25, -0.2) is 0 Å². The van der Waals surface area contributed by atoms with Crippen LogP contribution in [-0.4, -0.2) is 38.3 Å². The Balaban J connectivity index is 2.32. The minimum absolute atomic E-state index is 0.00143. The summed E-state index contributed by atoms with van der Waals surface area (Å²) in [7, 11) is 0. The molecule has 0 aromatic heterocycles. The highest BCUT2D eigenvalue weighted by atomic mass is 79.9. The van der Waals surface area contributed by atoms with Crippen LogP contribution in [0.2, 0.25) is 0 Å². The fourth-order valence-electron chi connectivity index (χ4n) is 2.10. The molecule has 0 saturated carbocycles. The molecule has 1 aromatic rings. The Morgan fingerprint density at radius 1 is 1.56 bits per heavy atom. The van der Waals surface area contributed by atoms with Gasteiger partial charge in [0.2, 0.25) is 0 Å². The first-order valence-electron chi connectivity index (χ1n) is 5.78. The number of halogens is 1. The third-order valence-electron chi connectivity index (χ3n) is 2.98. The van der Waals surface area contributed by atoms with Crippen molar-refractivity contribution in [3.8, 4) is 0 Å². The fourth-order valence-corrected chi connectivity index (χ4v) is 2.65. The number of hydrogen-bond donors (Lipinski definition) is 2. The van der Waals surface area contributed by atoms with Crippen molar-refractivity contribution in [3.05, 3.63) is 28.2 Å². The third-order valence-corrected chi connectivity index (χ3v) is 3.64. The lowest BCUT2D eigenvalue weighted by molar-refractivity contribution is 0.0465. The number of amides is 1. The van der Waals surface area contributed by atoms with Crippen LogP contribution in [0.25, 0.3) is 0 Å². The number of ether oxygens (including phenoxy) is 1. The second kappa shape index (κ2) is 5.69. The minimum Gasteiger partial charge on any atom is -0.373 e. The number of morpholine rings is 1.